The van der Waals surface area contributed by atoms with E-state index in [0.717, 1.165) is 45.8 Å². The summed E-state index contributed by atoms with van der Waals surface area (Å²) in [6.07, 6.45) is 1.28. The van der Waals surface area contributed by atoms with E-state index in [4.69, 9.17) is 0 Å². The minimum atomic E-state index is 0.126. The molecule has 1 amide bonds. The standard InChI is InChI=1S/C21H20BrN3O/c1-14-19(15(2)25(23-14)18-6-4-3-5-7-18)13-21(26)24-11-10-16-8-9-17(22)12-20(16)24/h3-9,12H,10-11,13H2,1-2H3. The number of fused-ring (bicyclic) bond motifs is 1. The molecular weight excluding hydrogens is 390 g/mol. The molecule has 1 aliphatic heterocycles. The van der Waals surface area contributed by atoms with E-state index in [9.17, 15) is 4.79 Å². The molecule has 1 aliphatic rings. The van der Waals surface area contributed by atoms with Gasteiger partial charge in [-0.3, -0.25) is 4.79 Å². The SMILES string of the molecule is Cc1nn(-c2ccccc2)c(C)c1CC(=O)N1CCc2ccc(Br)cc21. The van der Waals surface area contributed by atoms with Crippen molar-refractivity contribution in [1.82, 2.24) is 9.78 Å². The van der Waals surface area contributed by atoms with Crippen LogP contribution < -0.4 is 4.90 Å². The number of nitrogens with zero attached hydrogens (tertiary/aromatic N) is 3. The Bertz CT molecular complexity index is 978. The van der Waals surface area contributed by atoms with Crippen molar-refractivity contribution in [2.75, 3.05) is 11.4 Å². The number of aryl methyl sites for hydroxylation is 1. The first-order valence-corrected chi connectivity index (χ1v) is 9.53. The quantitative estimate of drug-likeness (QED) is 0.643. The zero-order valence-corrected chi connectivity index (χ0v) is 16.5. The molecule has 0 fully saturated rings. The van der Waals surface area contributed by atoms with Crippen LogP contribution in [0.4, 0.5) is 5.69 Å². The number of amides is 1. The molecule has 26 heavy (non-hydrogen) atoms. The predicted octanol–water partition coefficient (Wildman–Crippen LogP) is 4.38. The van der Waals surface area contributed by atoms with Gasteiger partial charge in [0.15, 0.2) is 0 Å². The van der Waals surface area contributed by atoms with E-state index in [2.05, 4.69) is 27.1 Å². The van der Waals surface area contributed by atoms with E-state index in [1.165, 1.54) is 5.56 Å². The highest BCUT2D eigenvalue weighted by atomic mass is 79.9. The maximum absolute atomic E-state index is 13.0. The van der Waals surface area contributed by atoms with Gasteiger partial charge in [-0.2, -0.15) is 5.10 Å². The molecule has 0 unspecified atom stereocenters. The molecule has 0 bridgehead atoms. The number of rotatable bonds is 3. The summed E-state index contributed by atoms with van der Waals surface area (Å²) in [5, 5.41) is 4.66. The number of halogens is 1. The highest BCUT2D eigenvalue weighted by molar-refractivity contribution is 9.10. The third-order valence-corrected chi connectivity index (χ3v) is 5.51. The molecular formula is C21H20BrN3O. The zero-order chi connectivity index (χ0) is 18.3. The summed E-state index contributed by atoms with van der Waals surface area (Å²) < 4.78 is 2.92. The molecule has 0 atom stereocenters. The normalized spacial score (nSPS) is 13.1. The van der Waals surface area contributed by atoms with Crippen LogP contribution in [0.3, 0.4) is 0 Å². The molecule has 0 N–H and O–H groups in total. The van der Waals surface area contributed by atoms with Crippen LogP contribution in [0.1, 0.15) is 22.5 Å². The van der Waals surface area contributed by atoms with Gasteiger partial charge in [0.25, 0.3) is 0 Å². The van der Waals surface area contributed by atoms with Crippen LogP contribution in [0, 0.1) is 13.8 Å². The van der Waals surface area contributed by atoms with Gasteiger partial charge in [0.05, 0.1) is 17.8 Å². The molecule has 4 rings (SSSR count). The fourth-order valence-electron chi connectivity index (χ4n) is 3.61. The fourth-order valence-corrected chi connectivity index (χ4v) is 3.96. The number of anilines is 1. The van der Waals surface area contributed by atoms with Crippen molar-refractivity contribution in [3.8, 4) is 5.69 Å². The molecule has 0 saturated heterocycles. The molecule has 132 valence electrons. The molecule has 0 saturated carbocycles. The summed E-state index contributed by atoms with van der Waals surface area (Å²) >= 11 is 3.51. The summed E-state index contributed by atoms with van der Waals surface area (Å²) in [6.45, 7) is 4.75. The lowest BCUT2D eigenvalue weighted by Gasteiger charge is -2.18. The van der Waals surface area contributed by atoms with Crippen molar-refractivity contribution in [1.29, 1.82) is 0 Å². The summed E-state index contributed by atoms with van der Waals surface area (Å²) in [5.41, 5.74) is 6.22. The first kappa shape index (κ1) is 17.0. The molecule has 0 spiro atoms. The Kier molecular flexibility index (Phi) is 4.41. The Hall–Kier alpha value is -2.40. The topological polar surface area (TPSA) is 38.1 Å². The number of hydrogen-bond acceptors (Lipinski definition) is 2. The summed E-state index contributed by atoms with van der Waals surface area (Å²) in [7, 11) is 0. The largest absolute Gasteiger partial charge is 0.311 e. The number of hydrogen-bond donors (Lipinski definition) is 0. The van der Waals surface area contributed by atoms with Gasteiger partial charge < -0.3 is 4.90 Å². The highest BCUT2D eigenvalue weighted by Crippen LogP contribution is 2.31. The minimum absolute atomic E-state index is 0.126. The third kappa shape index (κ3) is 2.97. The van der Waals surface area contributed by atoms with Crippen molar-refractivity contribution < 1.29 is 4.79 Å². The van der Waals surface area contributed by atoms with Crippen molar-refractivity contribution in [3.63, 3.8) is 0 Å². The van der Waals surface area contributed by atoms with E-state index in [1.54, 1.807) is 0 Å². The maximum Gasteiger partial charge on any atom is 0.231 e. The summed E-state index contributed by atoms with van der Waals surface area (Å²) in [5.74, 6) is 0.126. The minimum Gasteiger partial charge on any atom is -0.311 e. The van der Waals surface area contributed by atoms with Crippen molar-refractivity contribution in [2.45, 2.75) is 26.7 Å². The Balaban J connectivity index is 1.62. The molecule has 2 aromatic carbocycles. The molecule has 3 aromatic rings. The molecule has 0 radical (unpaired) electrons. The van der Waals surface area contributed by atoms with Crippen molar-refractivity contribution >= 4 is 27.5 Å². The van der Waals surface area contributed by atoms with E-state index < -0.39 is 0 Å². The fraction of sp³-hybridized carbons (Fsp3) is 0.238. The second-order valence-electron chi connectivity index (χ2n) is 6.64. The molecule has 2 heterocycles. The Morgan fingerprint density at radius 3 is 2.69 bits per heavy atom. The lowest BCUT2D eigenvalue weighted by atomic mass is 10.1. The summed E-state index contributed by atoms with van der Waals surface area (Å²) in [6, 6.07) is 16.2. The second kappa shape index (κ2) is 6.72. The maximum atomic E-state index is 13.0. The van der Waals surface area contributed by atoms with E-state index >= 15 is 0 Å². The lowest BCUT2D eigenvalue weighted by molar-refractivity contribution is -0.117. The lowest BCUT2D eigenvalue weighted by Crippen LogP contribution is -2.30. The average molecular weight is 410 g/mol. The van der Waals surface area contributed by atoms with Gasteiger partial charge in [0.1, 0.15) is 0 Å². The number of benzene rings is 2. The Morgan fingerprint density at radius 1 is 1.15 bits per heavy atom. The van der Waals surface area contributed by atoms with Crippen LogP contribution >= 0.6 is 15.9 Å². The first-order valence-electron chi connectivity index (χ1n) is 8.74. The van der Waals surface area contributed by atoms with Crippen LogP contribution in [-0.2, 0) is 17.6 Å². The smallest absolute Gasteiger partial charge is 0.231 e. The highest BCUT2D eigenvalue weighted by Gasteiger charge is 2.26. The van der Waals surface area contributed by atoms with Crippen LogP contribution in [0.15, 0.2) is 53.0 Å². The second-order valence-corrected chi connectivity index (χ2v) is 7.56. The number of carbonyl (C=O) groups excluding carboxylic acids is 1. The molecule has 5 heteroatoms. The third-order valence-electron chi connectivity index (χ3n) is 5.01. The monoisotopic (exact) mass is 409 g/mol. The van der Waals surface area contributed by atoms with Gasteiger partial charge in [0, 0.05) is 28.0 Å². The number of aromatic nitrogens is 2. The number of para-hydroxylation sites is 1. The van der Waals surface area contributed by atoms with Crippen LogP contribution in [-0.4, -0.2) is 22.2 Å². The van der Waals surface area contributed by atoms with Gasteiger partial charge in [-0.1, -0.05) is 40.2 Å². The van der Waals surface area contributed by atoms with E-state index in [1.807, 2.05) is 65.9 Å². The zero-order valence-electron chi connectivity index (χ0n) is 14.9. The van der Waals surface area contributed by atoms with Crippen LogP contribution in [0.5, 0.6) is 0 Å². The predicted molar refractivity (Wildman–Crippen MR) is 107 cm³/mol. The van der Waals surface area contributed by atoms with Crippen LogP contribution in [0.25, 0.3) is 5.69 Å². The van der Waals surface area contributed by atoms with E-state index in [-0.39, 0.29) is 5.91 Å². The molecule has 0 aliphatic carbocycles. The van der Waals surface area contributed by atoms with Crippen molar-refractivity contribution in [3.05, 3.63) is 75.5 Å². The summed E-state index contributed by atoms with van der Waals surface area (Å²) in [4.78, 5) is 14.9. The van der Waals surface area contributed by atoms with E-state index in [0.29, 0.717) is 6.42 Å². The van der Waals surface area contributed by atoms with Gasteiger partial charge in [0.2, 0.25) is 5.91 Å². The van der Waals surface area contributed by atoms with Crippen LogP contribution in [0.2, 0.25) is 0 Å². The Labute approximate surface area is 161 Å². The van der Waals surface area contributed by atoms with Gasteiger partial charge >= 0.3 is 0 Å². The van der Waals surface area contributed by atoms with Crippen molar-refractivity contribution in [2.24, 2.45) is 0 Å². The first-order chi connectivity index (χ1) is 12.5. The number of carbonyl (C=O) groups is 1. The molecule has 4 nitrogen and oxygen atoms in total. The van der Waals surface area contributed by atoms with Gasteiger partial charge in [-0.25, -0.2) is 4.68 Å². The molecule has 1 aromatic heterocycles. The average Bonchev–Trinajstić information content (AvgIpc) is 3.18. The van der Waals surface area contributed by atoms with Gasteiger partial charge in [-0.15, -0.1) is 0 Å². The van der Waals surface area contributed by atoms with Gasteiger partial charge in [-0.05, 0) is 50.1 Å². The Morgan fingerprint density at radius 2 is 1.92 bits per heavy atom.